The topological polar surface area (TPSA) is 95.6 Å². The minimum Gasteiger partial charge on any atom is -0.353 e. The van der Waals surface area contributed by atoms with Gasteiger partial charge in [-0.05, 0) is 43.0 Å². The Morgan fingerprint density at radius 1 is 1.03 bits per heavy atom. The third kappa shape index (κ3) is 6.59. The van der Waals surface area contributed by atoms with Crippen molar-refractivity contribution in [2.75, 3.05) is 24.1 Å². The number of amides is 2. The summed E-state index contributed by atoms with van der Waals surface area (Å²) in [5, 5.41) is 3.07. The highest BCUT2D eigenvalue weighted by Gasteiger charge is 2.24. The Morgan fingerprint density at radius 3 is 2.40 bits per heavy atom. The lowest BCUT2D eigenvalue weighted by atomic mass is 10.0. The van der Waals surface area contributed by atoms with E-state index in [2.05, 4.69) is 10.0 Å². The van der Waals surface area contributed by atoms with Crippen molar-refractivity contribution in [2.24, 2.45) is 0 Å². The maximum absolute atomic E-state index is 12.8. The molecule has 1 heterocycles. The van der Waals surface area contributed by atoms with Gasteiger partial charge in [-0.2, -0.15) is 0 Å². The number of carbonyl (C=O) groups is 2. The van der Waals surface area contributed by atoms with Gasteiger partial charge in [0.25, 0.3) is 5.91 Å². The molecule has 0 bridgehead atoms. The summed E-state index contributed by atoms with van der Waals surface area (Å²) in [6.45, 7) is 1.10. The fourth-order valence-corrected chi connectivity index (χ4v) is 4.10. The Balaban J connectivity index is 1.47. The number of rotatable bonds is 7. The van der Waals surface area contributed by atoms with E-state index in [1.54, 1.807) is 29.2 Å². The van der Waals surface area contributed by atoms with Crippen LogP contribution in [0.1, 0.15) is 35.2 Å². The van der Waals surface area contributed by atoms with Gasteiger partial charge >= 0.3 is 0 Å². The lowest BCUT2D eigenvalue weighted by Gasteiger charge is -2.32. The van der Waals surface area contributed by atoms with E-state index in [-0.39, 0.29) is 17.9 Å². The first-order chi connectivity index (χ1) is 14.3. The molecule has 0 aromatic heterocycles. The second kappa shape index (κ2) is 9.75. The average molecular weight is 430 g/mol. The zero-order valence-corrected chi connectivity index (χ0v) is 17.8. The van der Waals surface area contributed by atoms with Gasteiger partial charge < -0.3 is 10.2 Å². The van der Waals surface area contributed by atoms with Crippen LogP contribution in [0, 0.1) is 0 Å². The molecule has 160 valence electrons. The Bertz CT molecular complexity index is 984. The van der Waals surface area contributed by atoms with Crippen molar-refractivity contribution in [3.63, 3.8) is 0 Å². The largest absolute Gasteiger partial charge is 0.353 e. The highest BCUT2D eigenvalue weighted by atomic mass is 32.2. The summed E-state index contributed by atoms with van der Waals surface area (Å²) in [4.78, 5) is 26.7. The van der Waals surface area contributed by atoms with Crippen molar-refractivity contribution < 1.29 is 18.0 Å². The van der Waals surface area contributed by atoms with Crippen LogP contribution in [0.3, 0.4) is 0 Å². The Labute approximate surface area is 177 Å². The van der Waals surface area contributed by atoms with Gasteiger partial charge in [0.05, 0.1) is 6.26 Å². The van der Waals surface area contributed by atoms with Crippen LogP contribution >= 0.6 is 0 Å². The first kappa shape index (κ1) is 21.8. The number of nitrogens with one attached hydrogen (secondary N) is 2. The average Bonchev–Trinajstić information content (AvgIpc) is 2.72. The van der Waals surface area contributed by atoms with E-state index in [0.29, 0.717) is 50.0 Å². The number of nitrogens with zero attached hydrogens (tertiary/aromatic N) is 1. The standard InChI is InChI=1S/C22H27N3O4S/c1-30(28,29)24-20-9-5-8-18(16-20)22(27)25-14-12-19(13-15-25)23-21(26)11-10-17-6-3-2-4-7-17/h2-9,16,19,24H,10-15H2,1H3,(H,23,26). The van der Waals surface area contributed by atoms with Gasteiger partial charge in [-0.3, -0.25) is 14.3 Å². The lowest BCUT2D eigenvalue weighted by Crippen LogP contribution is -2.46. The predicted molar refractivity (Wildman–Crippen MR) is 117 cm³/mol. The number of aryl methyl sites for hydroxylation is 1. The van der Waals surface area contributed by atoms with Crippen molar-refractivity contribution >= 4 is 27.5 Å². The first-order valence-corrected chi connectivity index (χ1v) is 11.9. The molecule has 8 heteroatoms. The van der Waals surface area contributed by atoms with Crippen LogP contribution < -0.4 is 10.0 Å². The fraction of sp³-hybridized carbons (Fsp3) is 0.364. The van der Waals surface area contributed by atoms with Crippen molar-refractivity contribution in [2.45, 2.75) is 31.7 Å². The molecule has 2 amide bonds. The van der Waals surface area contributed by atoms with Gasteiger partial charge in [0.15, 0.2) is 0 Å². The Kier molecular flexibility index (Phi) is 7.10. The highest BCUT2D eigenvalue weighted by molar-refractivity contribution is 7.92. The zero-order chi connectivity index (χ0) is 21.6. The SMILES string of the molecule is CS(=O)(=O)Nc1cccc(C(=O)N2CCC(NC(=O)CCc3ccccc3)CC2)c1. The molecule has 1 aliphatic rings. The van der Waals surface area contributed by atoms with Crippen LogP contribution in [0.15, 0.2) is 54.6 Å². The normalized spacial score (nSPS) is 14.9. The third-order valence-corrected chi connectivity index (χ3v) is 5.65. The molecular weight excluding hydrogens is 402 g/mol. The van der Waals surface area contributed by atoms with Gasteiger partial charge in [-0.1, -0.05) is 36.4 Å². The second-order valence-corrected chi connectivity index (χ2v) is 9.32. The molecule has 1 saturated heterocycles. The van der Waals surface area contributed by atoms with E-state index < -0.39 is 10.0 Å². The van der Waals surface area contributed by atoms with Gasteiger partial charge in [0, 0.05) is 36.8 Å². The van der Waals surface area contributed by atoms with E-state index in [1.165, 1.54) is 0 Å². The summed E-state index contributed by atoms with van der Waals surface area (Å²) >= 11 is 0. The lowest BCUT2D eigenvalue weighted by molar-refractivity contribution is -0.122. The summed E-state index contributed by atoms with van der Waals surface area (Å²) in [5.74, 6) is -0.107. The summed E-state index contributed by atoms with van der Waals surface area (Å²) in [5.41, 5.74) is 1.94. The fourth-order valence-electron chi connectivity index (χ4n) is 3.54. The number of hydrogen-bond donors (Lipinski definition) is 2. The van der Waals surface area contributed by atoms with Crippen LogP contribution in [0.25, 0.3) is 0 Å². The molecule has 1 aliphatic heterocycles. The molecule has 7 nitrogen and oxygen atoms in total. The molecule has 3 rings (SSSR count). The number of carbonyl (C=O) groups excluding carboxylic acids is 2. The van der Waals surface area contributed by atoms with Gasteiger partial charge in [0.1, 0.15) is 0 Å². The molecule has 0 radical (unpaired) electrons. The summed E-state index contributed by atoms with van der Waals surface area (Å²) in [7, 11) is -3.40. The van der Waals surface area contributed by atoms with E-state index in [1.807, 2.05) is 30.3 Å². The van der Waals surface area contributed by atoms with Crippen molar-refractivity contribution in [3.8, 4) is 0 Å². The molecule has 2 aromatic rings. The summed E-state index contributed by atoms with van der Waals surface area (Å²) < 4.78 is 25.2. The van der Waals surface area contributed by atoms with Crippen LogP contribution in [-0.4, -0.2) is 50.5 Å². The molecule has 0 aliphatic carbocycles. The van der Waals surface area contributed by atoms with Crippen LogP contribution in [-0.2, 0) is 21.2 Å². The van der Waals surface area contributed by atoms with E-state index in [9.17, 15) is 18.0 Å². The zero-order valence-electron chi connectivity index (χ0n) is 17.0. The van der Waals surface area contributed by atoms with Crippen molar-refractivity contribution in [3.05, 3.63) is 65.7 Å². The van der Waals surface area contributed by atoms with Crippen molar-refractivity contribution in [1.82, 2.24) is 10.2 Å². The third-order valence-electron chi connectivity index (χ3n) is 5.04. The number of benzene rings is 2. The molecule has 2 N–H and O–H groups in total. The number of hydrogen-bond acceptors (Lipinski definition) is 4. The monoisotopic (exact) mass is 429 g/mol. The maximum atomic E-state index is 12.8. The summed E-state index contributed by atoms with van der Waals surface area (Å²) in [6.07, 6.45) is 3.62. The van der Waals surface area contributed by atoms with Crippen LogP contribution in [0.5, 0.6) is 0 Å². The number of anilines is 1. The molecule has 0 atom stereocenters. The number of likely N-dealkylation sites (tertiary alicyclic amines) is 1. The quantitative estimate of drug-likeness (QED) is 0.707. The van der Waals surface area contributed by atoms with Gasteiger partial charge in [-0.15, -0.1) is 0 Å². The Morgan fingerprint density at radius 2 is 1.73 bits per heavy atom. The molecule has 0 unspecified atom stereocenters. The molecule has 0 spiro atoms. The Hall–Kier alpha value is -2.87. The molecule has 0 saturated carbocycles. The van der Waals surface area contributed by atoms with Crippen molar-refractivity contribution in [1.29, 1.82) is 0 Å². The maximum Gasteiger partial charge on any atom is 0.253 e. The van der Waals surface area contributed by atoms with Crippen LogP contribution in [0.4, 0.5) is 5.69 Å². The minimum atomic E-state index is -3.40. The van der Waals surface area contributed by atoms with Gasteiger partial charge in [-0.25, -0.2) is 8.42 Å². The summed E-state index contributed by atoms with van der Waals surface area (Å²) in [6, 6.07) is 16.5. The van der Waals surface area contributed by atoms with E-state index in [0.717, 1.165) is 11.8 Å². The molecule has 2 aromatic carbocycles. The molecular formula is C22H27N3O4S. The number of sulfonamides is 1. The molecule has 30 heavy (non-hydrogen) atoms. The smallest absolute Gasteiger partial charge is 0.253 e. The molecule has 1 fully saturated rings. The highest BCUT2D eigenvalue weighted by Crippen LogP contribution is 2.17. The number of piperidine rings is 1. The minimum absolute atomic E-state index is 0.0307. The van der Waals surface area contributed by atoms with E-state index >= 15 is 0 Å². The van der Waals surface area contributed by atoms with E-state index in [4.69, 9.17) is 0 Å². The second-order valence-electron chi connectivity index (χ2n) is 7.57. The first-order valence-electron chi connectivity index (χ1n) is 10.0. The van der Waals surface area contributed by atoms with Crippen LogP contribution in [0.2, 0.25) is 0 Å². The predicted octanol–water partition coefficient (Wildman–Crippen LogP) is 2.41. The van der Waals surface area contributed by atoms with Gasteiger partial charge in [0.2, 0.25) is 15.9 Å².